The summed E-state index contributed by atoms with van der Waals surface area (Å²) < 4.78 is 89.2. The Hall–Kier alpha value is -3.64. The molecule has 0 radical (unpaired) electrons. The Balaban J connectivity index is 0.00000132. The Morgan fingerprint density at radius 3 is 0.855 bits per heavy atom. The molecule has 2 aromatic rings. The minimum Gasteiger partial charge on any atom is -0.744 e. The summed E-state index contributed by atoms with van der Waals surface area (Å²) in [5.74, 6) is -3.32. The summed E-state index contributed by atoms with van der Waals surface area (Å²) in [6.07, 6.45) is 35.3. The molecule has 0 N–H and O–H groups in total. The standard InChI is InChI=1S/2C26H38O7S.Ca/c2*1-3-5-7-9-11-13-15-19-32-25(27)23-18-17-22(34(29,30)31)21-24(23)26(28)33-20-16-14-12-10-8-6-4-2;/h2*11-14,17-18,21H,3-10,15-16,19-20H2,1-2H3,(H,29,30,31);/q;;+2/p-2/b2*13-11+,14-12+;. The first-order chi connectivity index (χ1) is 32.6. The van der Waals surface area contributed by atoms with Crippen molar-refractivity contribution in [2.45, 2.75) is 166 Å². The average molecular weight is 1030 g/mol. The van der Waals surface area contributed by atoms with Crippen molar-refractivity contribution < 1.29 is 64.1 Å². The summed E-state index contributed by atoms with van der Waals surface area (Å²) >= 11 is 0. The van der Waals surface area contributed by atoms with Crippen LogP contribution < -0.4 is 0 Å². The maximum atomic E-state index is 12.6. The van der Waals surface area contributed by atoms with Gasteiger partial charge in [0.15, 0.2) is 0 Å². The van der Waals surface area contributed by atoms with Crippen molar-refractivity contribution in [1.82, 2.24) is 0 Å². The molecule has 0 bridgehead atoms. The maximum absolute atomic E-state index is 12.6. The van der Waals surface area contributed by atoms with E-state index < -0.39 is 53.9 Å². The Morgan fingerprint density at radius 2 is 0.623 bits per heavy atom. The molecule has 69 heavy (non-hydrogen) atoms. The predicted molar refractivity (Wildman–Crippen MR) is 267 cm³/mol. The van der Waals surface area contributed by atoms with Gasteiger partial charge in [0.2, 0.25) is 0 Å². The van der Waals surface area contributed by atoms with Crippen molar-refractivity contribution in [2.75, 3.05) is 26.4 Å². The minimum atomic E-state index is -4.81. The number of hydrogen-bond acceptors (Lipinski definition) is 14. The Morgan fingerprint density at radius 1 is 0.391 bits per heavy atom. The van der Waals surface area contributed by atoms with Crippen LogP contribution in [0.2, 0.25) is 0 Å². The predicted octanol–water partition coefficient (Wildman–Crippen LogP) is 11.5. The molecule has 0 aliphatic rings. The number of ether oxygens (including phenoxy) is 4. The zero-order valence-electron chi connectivity index (χ0n) is 41.3. The molecule has 0 spiro atoms. The molecular weight excluding hydrogens is 953 g/mol. The van der Waals surface area contributed by atoms with Crippen LogP contribution >= 0.6 is 0 Å². The van der Waals surface area contributed by atoms with Gasteiger partial charge >= 0.3 is 61.6 Å². The third-order valence-corrected chi connectivity index (χ3v) is 11.7. The fourth-order valence-corrected chi connectivity index (χ4v) is 7.23. The monoisotopic (exact) mass is 1030 g/mol. The molecule has 0 aliphatic heterocycles. The molecule has 0 amide bonds. The fourth-order valence-electron chi connectivity index (χ4n) is 6.23. The van der Waals surface area contributed by atoms with Crippen LogP contribution in [0.4, 0.5) is 0 Å². The summed E-state index contributed by atoms with van der Waals surface area (Å²) in [4.78, 5) is 48.9. The summed E-state index contributed by atoms with van der Waals surface area (Å²) in [7, 11) is -9.61. The second kappa shape index (κ2) is 40.0. The van der Waals surface area contributed by atoms with Crippen molar-refractivity contribution in [2.24, 2.45) is 0 Å². The van der Waals surface area contributed by atoms with Crippen LogP contribution in [0, 0.1) is 0 Å². The molecule has 0 unspecified atom stereocenters. The van der Waals surface area contributed by atoms with Gasteiger partial charge in [-0.15, -0.1) is 0 Å². The van der Waals surface area contributed by atoms with Gasteiger partial charge in [-0.25, -0.2) is 36.0 Å². The van der Waals surface area contributed by atoms with Gasteiger partial charge in [0.1, 0.15) is 20.2 Å². The van der Waals surface area contributed by atoms with Crippen LogP contribution in [-0.4, -0.2) is 114 Å². The molecule has 2 aromatic carbocycles. The number of esters is 4. The van der Waals surface area contributed by atoms with E-state index in [1.54, 1.807) is 0 Å². The Bertz CT molecular complexity index is 1990. The number of hydrogen-bond donors (Lipinski definition) is 0. The van der Waals surface area contributed by atoms with E-state index >= 15 is 0 Å². The molecule has 0 aromatic heterocycles. The van der Waals surface area contributed by atoms with Crippen molar-refractivity contribution in [1.29, 1.82) is 0 Å². The zero-order chi connectivity index (χ0) is 50.5. The molecule has 0 fully saturated rings. The smallest absolute Gasteiger partial charge is 0.744 e. The van der Waals surface area contributed by atoms with Crippen molar-refractivity contribution >= 4 is 81.9 Å². The first-order valence-corrected chi connectivity index (χ1v) is 26.9. The van der Waals surface area contributed by atoms with Crippen molar-refractivity contribution in [3.8, 4) is 0 Å². The summed E-state index contributed by atoms with van der Waals surface area (Å²) in [6, 6.07) is 5.94. The second-order valence-electron chi connectivity index (χ2n) is 15.9. The molecule has 2 rings (SSSR count). The summed E-state index contributed by atoms with van der Waals surface area (Å²) in [6.45, 7) is 8.89. The van der Waals surface area contributed by atoms with E-state index in [9.17, 15) is 45.1 Å². The number of carbonyl (C=O) groups excluding carboxylic acids is 4. The largest absolute Gasteiger partial charge is 2.00 e. The quantitative estimate of drug-likeness (QED) is 0.0159. The average Bonchev–Trinajstić information content (AvgIpc) is 3.31. The van der Waals surface area contributed by atoms with Gasteiger partial charge in [-0.1, -0.05) is 128 Å². The first-order valence-electron chi connectivity index (χ1n) is 24.1. The molecule has 17 heteroatoms. The van der Waals surface area contributed by atoms with Crippen LogP contribution in [0.3, 0.4) is 0 Å². The zero-order valence-corrected chi connectivity index (χ0v) is 45.1. The number of carbonyl (C=O) groups is 4. The minimum absolute atomic E-state index is 0. The van der Waals surface area contributed by atoms with E-state index in [1.807, 2.05) is 48.6 Å². The second-order valence-corrected chi connectivity index (χ2v) is 18.6. The summed E-state index contributed by atoms with van der Waals surface area (Å²) in [5, 5.41) is 0. The van der Waals surface area contributed by atoms with Crippen LogP contribution in [0.25, 0.3) is 0 Å². The third kappa shape index (κ3) is 30.7. The number of rotatable bonds is 34. The first kappa shape index (κ1) is 65.4. The molecule has 14 nitrogen and oxygen atoms in total. The summed E-state index contributed by atoms with van der Waals surface area (Å²) in [5.41, 5.74) is -0.883. The molecule has 0 aliphatic carbocycles. The van der Waals surface area contributed by atoms with E-state index in [2.05, 4.69) is 27.7 Å². The van der Waals surface area contributed by atoms with Gasteiger partial charge in [0.25, 0.3) is 0 Å². The van der Waals surface area contributed by atoms with E-state index in [-0.39, 0.29) is 86.4 Å². The normalized spacial score (nSPS) is 11.7. The van der Waals surface area contributed by atoms with Gasteiger partial charge in [0.05, 0.1) is 58.5 Å². The third-order valence-electron chi connectivity index (χ3n) is 10.1. The van der Waals surface area contributed by atoms with Crippen molar-refractivity contribution in [3.63, 3.8) is 0 Å². The maximum Gasteiger partial charge on any atom is 2.00 e. The Labute approximate surface area is 442 Å². The van der Waals surface area contributed by atoms with E-state index in [0.29, 0.717) is 25.7 Å². The van der Waals surface area contributed by atoms with E-state index in [0.717, 1.165) is 126 Å². The molecule has 0 atom stereocenters. The number of unbranched alkanes of at least 4 members (excludes halogenated alkanes) is 12. The van der Waals surface area contributed by atoms with E-state index in [1.165, 1.54) is 12.8 Å². The van der Waals surface area contributed by atoms with Crippen LogP contribution in [0.1, 0.15) is 198 Å². The fraction of sp³-hybridized carbons (Fsp3) is 0.538. The number of benzene rings is 2. The van der Waals surface area contributed by atoms with Crippen LogP contribution in [0.15, 0.2) is 94.8 Å². The topological polar surface area (TPSA) is 220 Å². The number of allylic oxidation sites excluding steroid dienone is 4. The van der Waals surface area contributed by atoms with Gasteiger partial charge in [-0.2, -0.15) is 0 Å². The van der Waals surface area contributed by atoms with Crippen LogP contribution in [-0.2, 0) is 39.2 Å². The Kier molecular flexibility index (Phi) is 37.9. The van der Waals surface area contributed by atoms with Gasteiger partial charge in [-0.3, -0.25) is 0 Å². The molecule has 380 valence electrons. The molecule has 0 saturated heterocycles. The molecular formula is C52H74CaO14S2. The SMILES string of the molecule is CCCCC/C=C/CCOC(=O)c1ccc(S(=O)(=O)[O-])cc1C(=O)OCC/C=C/CCCCC.CCCCC/C=C/CCOC(=O)c1ccc(S(=O)(=O)[O-])cc1C(=O)OCC/C=C/CCCCC.[Ca+2]. The van der Waals surface area contributed by atoms with Gasteiger partial charge < -0.3 is 28.1 Å². The van der Waals surface area contributed by atoms with Crippen molar-refractivity contribution in [3.05, 3.63) is 107 Å². The van der Waals surface area contributed by atoms with E-state index in [4.69, 9.17) is 18.9 Å². The van der Waals surface area contributed by atoms with Gasteiger partial charge in [0, 0.05) is 0 Å². The molecule has 0 heterocycles. The van der Waals surface area contributed by atoms with Gasteiger partial charge in [-0.05, 0) is 113 Å². The molecule has 0 saturated carbocycles. The van der Waals surface area contributed by atoms with Crippen LogP contribution in [0.5, 0.6) is 0 Å².